The van der Waals surface area contributed by atoms with Crippen LogP contribution in [0.3, 0.4) is 0 Å². The average Bonchev–Trinajstić information content (AvgIpc) is 3.06. The lowest BCUT2D eigenvalue weighted by atomic mass is 9.96. The third kappa shape index (κ3) is 3.40. The summed E-state index contributed by atoms with van der Waals surface area (Å²) in [4.78, 5) is 18.9. The van der Waals surface area contributed by atoms with Gasteiger partial charge in [-0.15, -0.1) is 0 Å². The van der Waals surface area contributed by atoms with Crippen molar-refractivity contribution in [2.24, 2.45) is 5.92 Å². The van der Waals surface area contributed by atoms with E-state index >= 15 is 0 Å². The molecule has 0 atom stereocenters. The molecule has 1 amide bonds. The van der Waals surface area contributed by atoms with E-state index in [9.17, 15) is 13.6 Å². The molecule has 6 nitrogen and oxygen atoms in total. The Morgan fingerprint density at radius 3 is 2.85 bits per heavy atom. The number of aromatic nitrogens is 3. The fraction of sp³-hybridized carbons (Fsp3) is 0.316. The zero-order chi connectivity index (χ0) is 19.0. The molecule has 0 bridgehead atoms. The van der Waals surface area contributed by atoms with Gasteiger partial charge in [0.1, 0.15) is 0 Å². The molecule has 1 fully saturated rings. The van der Waals surface area contributed by atoms with Crippen LogP contribution in [0.5, 0.6) is 0 Å². The van der Waals surface area contributed by atoms with Crippen molar-refractivity contribution in [3.05, 3.63) is 42.1 Å². The zero-order valence-corrected chi connectivity index (χ0v) is 14.8. The molecule has 0 spiro atoms. The molecule has 4 rings (SSSR count). The second-order valence-electron chi connectivity index (χ2n) is 6.86. The van der Waals surface area contributed by atoms with Crippen LogP contribution < -0.4 is 5.32 Å². The molecule has 1 saturated heterocycles. The standard InChI is InChI=1S/C19H19F2N5O/c1-26-7-5-11(6-8-26)19(27)23-18-13-9-15(22-10-16(13)24-25-18)12-3-2-4-14(20)17(12)21/h2-4,9-11H,5-8H2,1H3,(H2,23,24,25,27). The number of likely N-dealkylation sites (tertiary alicyclic amines) is 1. The summed E-state index contributed by atoms with van der Waals surface area (Å²) in [5.41, 5.74) is 0.940. The summed E-state index contributed by atoms with van der Waals surface area (Å²) in [6.45, 7) is 1.76. The number of hydrogen-bond donors (Lipinski definition) is 2. The molecule has 1 aliphatic rings. The fourth-order valence-electron chi connectivity index (χ4n) is 3.35. The highest BCUT2D eigenvalue weighted by Gasteiger charge is 2.24. The van der Waals surface area contributed by atoms with Gasteiger partial charge in [-0.3, -0.25) is 14.9 Å². The summed E-state index contributed by atoms with van der Waals surface area (Å²) < 4.78 is 27.6. The predicted molar refractivity (Wildman–Crippen MR) is 98.1 cm³/mol. The van der Waals surface area contributed by atoms with Crippen molar-refractivity contribution >= 4 is 22.6 Å². The van der Waals surface area contributed by atoms with Crippen LogP contribution in [-0.2, 0) is 4.79 Å². The van der Waals surface area contributed by atoms with E-state index in [1.165, 1.54) is 18.3 Å². The summed E-state index contributed by atoms with van der Waals surface area (Å²) in [5, 5.41) is 10.4. The molecule has 2 N–H and O–H groups in total. The lowest BCUT2D eigenvalue weighted by Gasteiger charge is -2.27. The fourth-order valence-corrected chi connectivity index (χ4v) is 3.35. The van der Waals surface area contributed by atoms with E-state index < -0.39 is 11.6 Å². The monoisotopic (exact) mass is 371 g/mol. The molecule has 8 heteroatoms. The van der Waals surface area contributed by atoms with E-state index in [-0.39, 0.29) is 23.1 Å². The van der Waals surface area contributed by atoms with Gasteiger partial charge in [0.15, 0.2) is 17.5 Å². The first-order valence-corrected chi connectivity index (χ1v) is 8.81. The maximum atomic E-state index is 14.1. The number of nitrogens with one attached hydrogen (secondary N) is 2. The molecular weight excluding hydrogens is 352 g/mol. The zero-order valence-electron chi connectivity index (χ0n) is 14.8. The van der Waals surface area contributed by atoms with Gasteiger partial charge in [-0.2, -0.15) is 5.10 Å². The molecule has 0 aliphatic carbocycles. The Bertz CT molecular complexity index is 995. The molecule has 1 aliphatic heterocycles. The number of carbonyl (C=O) groups excluding carboxylic acids is 1. The van der Waals surface area contributed by atoms with Gasteiger partial charge in [0.05, 0.1) is 17.4 Å². The molecule has 3 heterocycles. The van der Waals surface area contributed by atoms with E-state index in [2.05, 4.69) is 25.4 Å². The number of benzene rings is 1. The Labute approximate surface area is 154 Å². The van der Waals surface area contributed by atoms with Crippen LogP contribution >= 0.6 is 0 Å². The molecular formula is C19H19F2N5O. The number of pyridine rings is 1. The number of carbonyl (C=O) groups is 1. The lowest BCUT2D eigenvalue weighted by molar-refractivity contribution is -0.121. The van der Waals surface area contributed by atoms with Crippen molar-refractivity contribution in [2.75, 3.05) is 25.5 Å². The van der Waals surface area contributed by atoms with Gasteiger partial charge in [-0.05, 0) is 51.2 Å². The maximum Gasteiger partial charge on any atom is 0.228 e. The number of H-pyrrole nitrogens is 1. The molecule has 0 radical (unpaired) electrons. The second kappa shape index (κ2) is 7.03. The highest BCUT2D eigenvalue weighted by atomic mass is 19.2. The number of piperidine rings is 1. The van der Waals surface area contributed by atoms with Crippen molar-refractivity contribution in [3.8, 4) is 11.3 Å². The van der Waals surface area contributed by atoms with Crippen LogP contribution in [0.2, 0.25) is 0 Å². The van der Waals surface area contributed by atoms with Crippen molar-refractivity contribution in [1.82, 2.24) is 20.1 Å². The number of aromatic amines is 1. The number of amides is 1. The highest BCUT2D eigenvalue weighted by Crippen LogP contribution is 2.28. The van der Waals surface area contributed by atoms with E-state index in [1.54, 1.807) is 6.07 Å². The normalized spacial score (nSPS) is 16.0. The first-order valence-electron chi connectivity index (χ1n) is 8.81. The van der Waals surface area contributed by atoms with Gasteiger partial charge in [0.25, 0.3) is 0 Å². The number of nitrogens with zero attached hydrogens (tertiary/aromatic N) is 3. The first kappa shape index (κ1) is 17.5. The molecule has 0 unspecified atom stereocenters. The molecule has 2 aromatic heterocycles. The third-order valence-corrected chi connectivity index (χ3v) is 5.01. The quantitative estimate of drug-likeness (QED) is 0.742. The van der Waals surface area contributed by atoms with Crippen LogP contribution in [0.1, 0.15) is 12.8 Å². The topological polar surface area (TPSA) is 73.9 Å². The number of rotatable bonds is 3. The largest absolute Gasteiger partial charge is 0.308 e. The Morgan fingerprint density at radius 1 is 1.30 bits per heavy atom. The number of anilines is 1. The molecule has 1 aromatic carbocycles. The van der Waals surface area contributed by atoms with Crippen LogP contribution in [-0.4, -0.2) is 46.1 Å². The molecule has 140 valence electrons. The van der Waals surface area contributed by atoms with Crippen LogP contribution in [0.4, 0.5) is 14.6 Å². The second-order valence-corrected chi connectivity index (χ2v) is 6.86. The average molecular weight is 371 g/mol. The molecule has 3 aromatic rings. The van der Waals surface area contributed by atoms with Crippen LogP contribution in [0, 0.1) is 17.6 Å². The minimum atomic E-state index is -0.954. The van der Waals surface area contributed by atoms with Crippen LogP contribution in [0.25, 0.3) is 22.2 Å². The Morgan fingerprint density at radius 2 is 2.07 bits per heavy atom. The van der Waals surface area contributed by atoms with Gasteiger partial charge in [0, 0.05) is 16.9 Å². The van der Waals surface area contributed by atoms with Gasteiger partial charge in [0.2, 0.25) is 5.91 Å². The minimum absolute atomic E-state index is 0.0603. The summed E-state index contributed by atoms with van der Waals surface area (Å²) >= 11 is 0. The van der Waals surface area contributed by atoms with E-state index in [4.69, 9.17) is 0 Å². The van der Waals surface area contributed by atoms with Crippen molar-refractivity contribution in [1.29, 1.82) is 0 Å². The van der Waals surface area contributed by atoms with Gasteiger partial charge in [-0.1, -0.05) is 6.07 Å². The summed E-state index contributed by atoms with van der Waals surface area (Å²) in [6, 6.07) is 5.55. The number of halogens is 2. The highest BCUT2D eigenvalue weighted by molar-refractivity contribution is 6.01. The predicted octanol–water partition coefficient (Wildman–Crippen LogP) is 3.18. The summed E-state index contributed by atoms with van der Waals surface area (Å²) in [6.07, 6.45) is 3.09. The van der Waals surface area contributed by atoms with Gasteiger partial charge >= 0.3 is 0 Å². The lowest BCUT2D eigenvalue weighted by Crippen LogP contribution is -2.36. The first-order chi connectivity index (χ1) is 13.0. The van der Waals surface area contributed by atoms with Gasteiger partial charge < -0.3 is 10.2 Å². The Hall–Kier alpha value is -2.87. The Kier molecular flexibility index (Phi) is 4.57. The van der Waals surface area contributed by atoms with Crippen molar-refractivity contribution in [2.45, 2.75) is 12.8 Å². The van der Waals surface area contributed by atoms with Crippen LogP contribution in [0.15, 0.2) is 30.5 Å². The third-order valence-electron chi connectivity index (χ3n) is 5.01. The smallest absolute Gasteiger partial charge is 0.228 e. The van der Waals surface area contributed by atoms with Gasteiger partial charge in [-0.25, -0.2) is 8.78 Å². The maximum absolute atomic E-state index is 14.1. The molecule has 27 heavy (non-hydrogen) atoms. The minimum Gasteiger partial charge on any atom is -0.308 e. The van der Waals surface area contributed by atoms with Crippen molar-refractivity contribution in [3.63, 3.8) is 0 Å². The summed E-state index contributed by atoms with van der Waals surface area (Å²) in [7, 11) is 2.04. The van der Waals surface area contributed by atoms with E-state index in [0.29, 0.717) is 16.7 Å². The number of hydrogen-bond acceptors (Lipinski definition) is 4. The van der Waals surface area contributed by atoms with E-state index in [0.717, 1.165) is 32.0 Å². The Balaban J connectivity index is 1.63. The SMILES string of the molecule is CN1CCC(C(=O)Nc2n[nH]c3cnc(-c4cccc(F)c4F)cc23)CC1. The van der Waals surface area contributed by atoms with Crippen molar-refractivity contribution < 1.29 is 13.6 Å². The molecule has 0 saturated carbocycles. The number of fused-ring (bicyclic) bond motifs is 1. The summed E-state index contributed by atoms with van der Waals surface area (Å²) in [5.74, 6) is -1.65. The van der Waals surface area contributed by atoms with E-state index in [1.807, 2.05) is 7.05 Å².